The lowest BCUT2D eigenvalue weighted by molar-refractivity contribution is 0.473. The highest BCUT2D eigenvalue weighted by molar-refractivity contribution is 5.77. The number of benzene rings is 1. The lowest BCUT2D eigenvalue weighted by atomic mass is 9.93. The van der Waals surface area contributed by atoms with E-state index >= 15 is 0 Å². The molecule has 2 rings (SSSR count). The predicted octanol–water partition coefficient (Wildman–Crippen LogP) is 6.10. The molecule has 0 aliphatic rings. The highest BCUT2D eigenvalue weighted by Crippen LogP contribution is 2.34. The molecule has 2 aromatic rings. The molecule has 0 aliphatic carbocycles. The minimum atomic E-state index is 0.550. The van der Waals surface area contributed by atoms with E-state index in [1.165, 1.54) is 12.6 Å². The number of aromatic nitrogens is 1. The Kier molecular flexibility index (Phi) is 7.12. The SMILES string of the molecule is C=C(C)CCCCc1cc(C)c(-c2cnc(CC)cc2C#N)cc1N(C)F. The van der Waals surface area contributed by atoms with Crippen molar-refractivity contribution in [3.8, 4) is 17.2 Å². The molecule has 0 saturated carbocycles. The first-order valence-corrected chi connectivity index (χ1v) is 9.44. The number of aryl methyl sites for hydroxylation is 3. The van der Waals surface area contributed by atoms with Gasteiger partial charge in [-0.15, -0.1) is 11.1 Å². The lowest BCUT2D eigenvalue weighted by Crippen LogP contribution is -2.07. The summed E-state index contributed by atoms with van der Waals surface area (Å²) in [5.41, 5.74) is 6.80. The summed E-state index contributed by atoms with van der Waals surface area (Å²) >= 11 is 0. The van der Waals surface area contributed by atoms with Gasteiger partial charge in [0.05, 0.1) is 17.3 Å². The van der Waals surface area contributed by atoms with Crippen LogP contribution < -0.4 is 5.12 Å². The van der Waals surface area contributed by atoms with Crippen molar-refractivity contribution in [3.63, 3.8) is 0 Å². The third-order valence-electron chi connectivity index (χ3n) is 4.79. The Hall–Kier alpha value is -2.67. The Bertz CT molecular complexity index is 863. The maximum Gasteiger partial charge on any atom is 0.0999 e. The largest absolute Gasteiger partial charge is 0.261 e. The van der Waals surface area contributed by atoms with Crippen LogP contribution in [0.15, 0.2) is 36.5 Å². The number of unbranched alkanes of at least 4 members (excludes halogenated alkanes) is 1. The monoisotopic (exact) mass is 365 g/mol. The Morgan fingerprint density at radius 1 is 1.26 bits per heavy atom. The van der Waals surface area contributed by atoms with Crippen molar-refractivity contribution in [2.24, 2.45) is 0 Å². The number of hydrogen-bond acceptors (Lipinski definition) is 3. The van der Waals surface area contributed by atoms with Crippen molar-refractivity contribution in [1.82, 2.24) is 4.98 Å². The summed E-state index contributed by atoms with van der Waals surface area (Å²) in [6.45, 7) is 9.98. The second-order valence-corrected chi connectivity index (χ2v) is 7.12. The Balaban J connectivity index is 2.41. The number of halogens is 1. The maximum absolute atomic E-state index is 14.2. The minimum Gasteiger partial charge on any atom is -0.261 e. The molecule has 1 aromatic heterocycles. The maximum atomic E-state index is 14.2. The second kappa shape index (κ2) is 9.32. The van der Waals surface area contributed by atoms with Crippen LogP contribution in [0.25, 0.3) is 11.1 Å². The minimum absolute atomic E-state index is 0.550. The molecule has 0 radical (unpaired) electrons. The molecule has 0 atom stereocenters. The molecule has 0 aliphatic heterocycles. The van der Waals surface area contributed by atoms with Crippen molar-refractivity contribution in [3.05, 3.63) is 58.9 Å². The fraction of sp³-hybridized carbons (Fsp3) is 0.391. The summed E-state index contributed by atoms with van der Waals surface area (Å²) in [6.07, 6.45) is 6.36. The van der Waals surface area contributed by atoms with Gasteiger partial charge >= 0.3 is 0 Å². The van der Waals surface area contributed by atoms with E-state index in [1.54, 1.807) is 6.20 Å². The van der Waals surface area contributed by atoms with E-state index in [0.717, 1.165) is 60.1 Å². The molecular weight excluding hydrogens is 337 g/mol. The smallest absolute Gasteiger partial charge is 0.0999 e. The molecule has 0 unspecified atom stereocenters. The van der Waals surface area contributed by atoms with Crippen LogP contribution >= 0.6 is 0 Å². The first-order chi connectivity index (χ1) is 12.9. The third-order valence-corrected chi connectivity index (χ3v) is 4.79. The van der Waals surface area contributed by atoms with Gasteiger partial charge in [-0.3, -0.25) is 4.98 Å². The fourth-order valence-electron chi connectivity index (χ4n) is 3.27. The fourth-order valence-corrected chi connectivity index (χ4v) is 3.27. The van der Waals surface area contributed by atoms with Crippen LogP contribution in [-0.4, -0.2) is 12.0 Å². The molecule has 3 nitrogen and oxygen atoms in total. The van der Waals surface area contributed by atoms with Gasteiger partial charge in [0.25, 0.3) is 0 Å². The molecule has 0 saturated heterocycles. The molecular formula is C23H28FN3. The Morgan fingerprint density at radius 2 is 2.00 bits per heavy atom. The summed E-state index contributed by atoms with van der Waals surface area (Å²) < 4.78 is 14.2. The van der Waals surface area contributed by atoms with Gasteiger partial charge in [-0.05, 0) is 74.8 Å². The van der Waals surface area contributed by atoms with Crippen LogP contribution in [0.3, 0.4) is 0 Å². The summed E-state index contributed by atoms with van der Waals surface area (Å²) in [4.78, 5) is 4.43. The normalized spacial score (nSPS) is 10.5. The van der Waals surface area contributed by atoms with Crippen molar-refractivity contribution >= 4 is 5.69 Å². The van der Waals surface area contributed by atoms with Gasteiger partial charge in [0, 0.05) is 24.5 Å². The summed E-state index contributed by atoms with van der Waals surface area (Å²) in [6, 6.07) is 7.95. The zero-order valence-corrected chi connectivity index (χ0v) is 16.8. The number of pyridine rings is 1. The Labute approximate surface area is 162 Å². The van der Waals surface area contributed by atoms with Crippen molar-refractivity contribution in [1.29, 1.82) is 5.26 Å². The predicted molar refractivity (Wildman–Crippen MR) is 110 cm³/mol. The van der Waals surface area contributed by atoms with Crippen molar-refractivity contribution < 1.29 is 4.48 Å². The van der Waals surface area contributed by atoms with Gasteiger partial charge in [0.2, 0.25) is 0 Å². The van der Waals surface area contributed by atoms with E-state index in [1.807, 2.05) is 39.0 Å². The van der Waals surface area contributed by atoms with Crippen LogP contribution in [0.5, 0.6) is 0 Å². The van der Waals surface area contributed by atoms with Gasteiger partial charge in [0.1, 0.15) is 0 Å². The standard InChI is InChI=1S/C23H28FN3/c1-6-20-12-19(14-25)22(15-26-20)21-13-23(27(5)24)18(11-17(21)4)10-8-7-9-16(2)3/h11-13,15H,2,6-10H2,1,3-5H3. The number of rotatable bonds is 8. The van der Waals surface area contributed by atoms with E-state index in [2.05, 4.69) is 17.6 Å². The van der Waals surface area contributed by atoms with Crippen molar-refractivity contribution in [2.45, 2.75) is 52.9 Å². The van der Waals surface area contributed by atoms with Crippen LogP contribution in [0.1, 0.15) is 55.5 Å². The van der Waals surface area contributed by atoms with Gasteiger partial charge in [-0.1, -0.05) is 18.6 Å². The molecule has 0 spiro atoms. The van der Waals surface area contributed by atoms with E-state index < -0.39 is 0 Å². The van der Waals surface area contributed by atoms with Gasteiger partial charge in [-0.2, -0.15) is 5.26 Å². The van der Waals surface area contributed by atoms with Crippen LogP contribution in [0, 0.1) is 18.3 Å². The highest BCUT2D eigenvalue weighted by atomic mass is 19.2. The summed E-state index contributed by atoms with van der Waals surface area (Å²) in [5.74, 6) is 0. The quantitative estimate of drug-likeness (QED) is 0.322. The lowest BCUT2D eigenvalue weighted by Gasteiger charge is -2.18. The van der Waals surface area contributed by atoms with Crippen LogP contribution in [0.4, 0.5) is 10.2 Å². The average Bonchev–Trinajstić information content (AvgIpc) is 2.64. The zero-order valence-electron chi connectivity index (χ0n) is 16.8. The summed E-state index contributed by atoms with van der Waals surface area (Å²) in [7, 11) is 1.41. The summed E-state index contributed by atoms with van der Waals surface area (Å²) in [5, 5.41) is 10.2. The molecule has 0 fully saturated rings. The number of hydrogen-bond donors (Lipinski definition) is 0. The number of anilines is 1. The molecule has 0 bridgehead atoms. The second-order valence-electron chi connectivity index (χ2n) is 7.12. The van der Waals surface area contributed by atoms with Crippen LogP contribution in [-0.2, 0) is 12.8 Å². The van der Waals surface area contributed by atoms with Crippen molar-refractivity contribution in [2.75, 3.05) is 12.2 Å². The first-order valence-electron chi connectivity index (χ1n) is 9.44. The molecule has 1 heterocycles. The van der Waals surface area contributed by atoms with E-state index in [4.69, 9.17) is 0 Å². The molecule has 142 valence electrons. The molecule has 0 N–H and O–H groups in total. The van der Waals surface area contributed by atoms with E-state index in [-0.39, 0.29) is 0 Å². The zero-order chi connectivity index (χ0) is 20.0. The Morgan fingerprint density at radius 3 is 2.59 bits per heavy atom. The average molecular weight is 365 g/mol. The molecule has 1 aromatic carbocycles. The number of allylic oxidation sites excluding steroid dienone is 1. The van der Waals surface area contributed by atoms with E-state index in [9.17, 15) is 9.74 Å². The number of nitriles is 1. The van der Waals surface area contributed by atoms with Gasteiger partial charge in [-0.25, -0.2) is 5.12 Å². The van der Waals surface area contributed by atoms with E-state index in [0.29, 0.717) is 16.4 Å². The third kappa shape index (κ3) is 5.17. The highest BCUT2D eigenvalue weighted by Gasteiger charge is 2.15. The first kappa shape index (κ1) is 20.6. The molecule has 0 amide bonds. The molecule has 27 heavy (non-hydrogen) atoms. The number of nitrogens with zero attached hydrogens (tertiary/aromatic N) is 3. The molecule has 4 heteroatoms. The van der Waals surface area contributed by atoms with Gasteiger partial charge < -0.3 is 0 Å². The van der Waals surface area contributed by atoms with Gasteiger partial charge in [0.15, 0.2) is 0 Å². The topological polar surface area (TPSA) is 39.9 Å². The van der Waals surface area contributed by atoms with Crippen LogP contribution in [0.2, 0.25) is 0 Å².